The lowest BCUT2D eigenvalue weighted by Crippen LogP contribution is -2.45. The van der Waals surface area contributed by atoms with Crippen LogP contribution >= 0.6 is 24.0 Å². The number of likely N-dealkylation sites (tertiary alicyclic amines) is 1. The Balaban J connectivity index is 0.00000450. The first-order chi connectivity index (χ1) is 13.8. The molecule has 0 bridgehead atoms. The van der Waals surface area contributed by atoms with Crippen molar-refractivity contribution in [3.05, 3.63) is 17.7 Å². The average molecular weight is 546 g/mol. The van der Waals surface area contributed by atoms with Crippen molar-refractivity contribution in [1.29, 1.82) is 0 Å². The van der Waals surface area contributed by atoms with Crippen LogP contribution in [0.4, 0.5) is 13.2 Å². The fourth-order valence-electron chi connectivity index (χ4n) is 3.24. The molecule has 1 aliphatic rings. The minimum atomic E-state index is -4.18. The van der Waals surface area contributed by atoms with Gasteiger partial charge in [0, 0.05) is 37.3 Å². The second kappa shape index (κ2) is 12.3. The Morgan fingerprint density at radius 1 is 1.13 bits per heavy atom. The number of nitrogens with one attached hydrogen (secondary N) is 2. The summed E-state index contributed by atoms with van der Waals surface area (Å²) >= 11 is 0. The van der Waals surface area contributed by atoms with E-state index in [1.165, 1.54) is 4.90 Å². The first kappa shape index (κ1) is 26.4. The zero-order valence-corrected chi connectivity index (χ0v) is 20.0. The number of benzene rings is 1. The molecule has 1 aromatic rings. The van der Waals surface area contributed by atoms with E-state index in [0.29, 0.717) is 55.8 Å². The van der Waals surface area contributed by atoms with Crippen LogP contribution in [0.2, 0.25) is 0 Å². The van der Waals surface area contributed by atoms with Gasteiger partial charge in [-0.25, -0.2) is 4.99 Å². The Kier molecular flexibility index (Phi) is 10.8. The second-order valence-electron chi connectivity index (χ2n) is 6.69. The summed E-state index contributed by atoms with van der Waals surface area (Å²) in [5.74, 6) is 2.27. The van der Waals surface area contributed by atoms with Crippen LogP contribution in [0.25, 0.3) is 0 Å². The van der Waals surface area contributed by atoms with Gasteiger partial charge >= 0.3 is 6.18 Å². The molecule has 0 aromatic heterocycles. The van der Waals surface area contributed by atoms with E-state index in [2.05, 4.69) is 15.6 Å². The molecule has 2 N–H and O–H groups in total. The predicted octanol–water partition coefficient (Wildman–Crippen LogP) is 3.02. The van der Waals surface area contributed by atoms with Gasteiger partial charge in [-0.05, 0) is 19.4 Å². The Labute approximate surface area is 192 Å². The highest BCUT2D eigenvalue weighted by Crippen LogP contribution is 2.34. The van der Waals surface area contributed by atoms with Gasteiger partial charge in [0.05, 0.1) is 34.4 Å². The van der Waals surface area contributed by atoms with Crippen molar-refractivity contribution >= 4 is 29.9 Å². The van der Waals surface area contributed by atoms with Crippen molar-refractivity contribution in [2.24, 2.45) is 4.99 Å². The first-order valence-corrected chi connectivity index (χ1v) is 9.42. The largest absolute Gasteiger partial charge is 0.496 e. The summed E-state index contributed by atoms with van der Waals surface area (Å²) in [5, 5.41) is 6.36. The zero-order chi connectivity index (χ0) is 21.4. The summed E-state index contributed by atoms with van der Waals surface area (Å²) in [5.41, 5.74) is 0.799. The van der Waals surface area contributed by atoms with E-state index in [4.69, 9.17) is 14.2 Å². The Morgan fingerprint density at radius 2 is 1.77 bits per heavy atom. The summed E-state index contributed by atoms with van der Waals surface area (Å²) in [6.45, 7) is 2.70. The molecule has 7 nitrogen and oxygen atoms in total. The highest BCUT2D eigenvalue weighted by atomic mass is 127. The molecule has 1 saturated heterocycles. The van der Waals surface area contributed by atoms with Crippen molar-refractivity contribution in [3.63, 3.8) is 0 Å². The third-order valence-electron chi connectivity index (χ3n) is 4.55. The molecule has 0 radical (unpaired) electrons. The Morgan fingerprint density at radius 3 is 2.33 bits per heavy atom. The van der Waals surface area contributed by atoms with Gasteiger partial charge in [-0.1, -0.05) is 0 Å². The van der Waals surface area contributed by atoms with Crippen molar-refractivity contribution < 1.29 is 27.4 Å². The van der Waals surface area contributed by atoms with Crippen LogP contribution < -0.4 is 24.8 Å². The van der Waals surface area contributed by atoms with Crippen LogP contribution in [0.15, 0.2) is 17.1 Å². The van der Waals surface area contributed by atoms with E-state index in [1.54, 1.807) is 33.5 Å². The number of halogens is 4. The summed E-state index contributed by atoms with van der Waals surface area (Å²) < 4.78 is 53.8. The van der Waals surface area contributed by atoms with Gasteiger partial charge in [0.1, 0.15) is 5.75 Å². The predicted molar refractivity (Wildman–Crippen MR) is 120 cm³/mol. The number of hydrogen-bond donors (Lipinski definition) is 2. The molecule has 172 valence electrons. The average Bonchev–Trinajstić information content (AvgIpc) is 3.10. The fraction of sp³-hybridized carbons (Fsp3) is 0.632. The van der Waals surface area contributed by atoms with E-state index in [1.807, 2.05) is 6.92 Å². The van der Waals surface area contributed by atoms with Crippen LogP contribution in [-0.4, -0.2) is 70.6 Å². The van der Waals surface area contributed by atoms with E-state index >= 15 is 0 Å². The van der Waals surface area contributed by atoms with Gasteiger partial charge in [0.15, 0.2) is 17.5 Å². The normalized spacial score (nSPS) is 17.3. The molecule has 1 fully saturated rings. The van der Waals surface area contributed by atoms with Gasteiger partial charge in [0.25, 0.3) is 0 Å². The van der Waals surface area contributed by atoms with Gasteiger partial charge in [-0.15, -0.1) is 24.0 Å². The third-order valence-corrected chi connectivity index (χ3v) is 4.55. The third kappa shape index (κ3) is 7.89. The molecule has 1 aromatic carbocycles. The van der Waals surface area contributed by atoms with Gasteiger partial charge in [-0.2, -0.15) is 13.2 Å². The van der Waals surface area contributed by atoms with Crippen molar-refractivity contribution in [2.75, 3.05) is 47.5 Å². The summed E-state index contributed by atoms with van der Waals surface area (Å²) in [4.78, 5) is 5.97. The summed E-state index contributed by atoms with van der Waals surface area (Å²) in [6.07, 6.45) is -3.56. The van der Waals surface area contributed by atoms with Crippen molar-refractivity contribution in [3.8, 4) is 17.2 Å². The Bertz CT molecular complexity index is 704. The van der Waals surface area contributed by atoms with Crippen LogP contribution in [-0.2, 0) is 6.54 Å². The lowest BCUT2D eigenvalue weighted by atomic mass is 10.1. The molecule has 1 aliphatic heterocycles. The number of aliphatic imine (C=N–C) groups is 1. The Hall–Kier alpha value is -1.63. The molecule has 0 spiro atoms. The number of nitrogens with zero attached hydrogens (tertiary/aromatic N) is 2. The van der Waals surface area contributed by atoms with E-state index in [9.17, 15) is 13.2 Å². The molecule has 1 unspecified atom stereocenters. The summed E-state index contributed by atoms with van der Waals surface area (Å²) in [7, 11) is 4.66. The minimum absolute atomic E-state index is 0. The lowest BCUT2D eigenvalue weighted by Gasteiger charge is -2.20. The number of ether oxygens (including phenoxy) is 3. The molecule has 1 atom stereocenters. The topological polar surface area (TPSA) is 67.4 Å². The molecule has 0 saturated carbocycles. The van der Waals surface area contributed by atoms with Crippen molar-refractivity contribution in [2.45, 2.75) is 32.1 Å². The highest BCUT2D eigenvalue weighted by molar-refractivity contribution is 14.0. The van der Waals surface area contributed by atoms with Gasteiger partial charge in [0.2, 0.25) is 0 Å². The lowest BCUT2D eigenvalue weighted by molar-refractivity contribution is -0.143. The molecular formula is C19H30F3IN4O3. The molecule has 11 heteroatoms. The van der Waals surface area contributed by atoms with Crippen LogP contribution in [0.5, 0.6) is 17.2 Å². The van der Waals surface area contributed by atoms with Crippen LogP contribution in [0, 0.1) is 0 Å². The minimum Gasteiger partial charge on any atom is -0.496 e. The quantitative estimate of drug-likeness (QED) is 0.297. The second-order valence-corrected chi connectivity index (χ2v) is 6.69. The maximum atomic E-state index is 12.6. The number of guanidine groups is 1. The molecule has 1 heterocycles. The first-order valence-electron chi connectivity index (χ1n) is 9.42. The standard InChI is InChI=1S/C19H29F3N4O3.HI/c1-5-23-18(25-14-6-7-26(11-14)12-19(20,21)22)24-10-13-8-16(28-3)17(29-4)9-15(13)27-2;/h8-9,14H,5-7,10-12H2,1-4H3,(H2,23,24,25);1H. The summed E-state index contributed by atoms with van der Waals surface area (Å²) in [6, 6.07) is 3.43. The number of alkyl halides is 3. The van der Waals surface area contributed by atoms with E-state index in [-0.39, 0.29) is 30.0 Å². The van der Waals surface area contributed by atoms with Crippen LogP contribution in [0.3, 0.4) is 0 Å². The van der Waals surface area contributed by atoms with E-state index < -0.39 is 12.7 Å². The molecular weight excluding hydrogens is 516 g/mol. The monoisotopic (exact) mass is 546 g/mol. The molecule has 30 heavy (non-hydrogen) atoms. The molecule has 2 rings (SSSR count). The van der Waals surface area contributed by atoms with Gasteiger partial charge < -0.3 is 24.8 Å². The smallest absolute Gasteiger partial charge is 0.401 e. The zero-order valence-electron chi connectivity index (χ0n) is 17.6. The van der Waals surface area contributed by atoms with E-state index in [0.717, 1.165) is 5.56 Å². The van der Waals surface area contributed by atoms with Crippen LogP contribution in [0.1, 0.15) is 18.9 Å². The number of hydrogen-bond acceptors (Lipinski definition) is 5. The van der Waals surface area contributed by atoms with Gasteiger partial charge in [-0.3, -0.25) is 4.90 Å². The highest BCUT2D eigenvalue weighted by Gasteiger charge is 2.34. The molecule has 0 aliphatic carbocycles. The number of rotatable bonds is 8. The SMILES string of the molecule is CCNC(=NCc1cc(OC)c(OC)cc1OC)NC1CCN(CC(F)(F)F)C1.I. The fourth-order valence-corrected chi connectivity index (χ4v) is 3.24. The maximum absolute atomic E-state index is 12.6. The maximum Gasteiger partial charge on any atom is 0.401 e. The van der Waals surface area contributed by atoms with Crippen molar-refractivity contribution in [1.82, 2.24) is 15.5 Å². The molecule has 0 amide bonds. The number of methoxy groups -OCH3 is 3.